The average Bonchev–Trinajstić information content (AvgIpc) is 2.94. The Bertz CT molecular complexity index is 624. The van der Waals surface area contributed by atoms with Gasteiger partial charge in [-0.1, -0.05) is 13.8 Å². The molecule has 0 spiro atoms. The molecule has 2 saturated heterocycles. The lowest BCUT2D eigenvalue weighted by atomic mass is 9.87. The predicted octanol–water partition coefficient (Wildman–Crippen LogP) is 1.48. The number of ketones is 1. The number of hydrogen-bond donors (Lipinski definition) is 3. The molecule has 3 N–H and O–H groups in total. The minimum absolute atomic E-state index is 0.223. The van der Waals surface area contributed by atoms with E-state index in [-0.39, 0.29) is 12.3 Å². The van der Waals surface area contributed by atoms with Crippen LogP contribution in [0.5, 0.6) is 0 Å². The van der Waals surface area contributed by atoms with Gasteiger partial charge < -0.3 is 34.5 Å². The molecule has 0 aromatic rings. The Hall–Kier alpha value is -1.26. The molecule has 0 unspecified atom stereocenters. The molecule has 0 aromatic carbocycles. The van der Waals surface area contributed by atoms with Gasteiger partial charge in [0.15, 0.2) is 17.9 Å². The van der Waals surface area contributed by atoms with Gasteiger partial charge >= 0.3 is 6.09 Å². The molecule has 9 heteroatoms. The number of aliphatic hydroxyl groups excluding tert-OH is 1. The third-order valence-electron chi connectivity index (χ3n) is 4.94. The van der Waals surface area contributed by atoms with Crippen LogP contribution in [0.4, 0.5) is 4.79 Å². The Balaban J connectivity index is 2.02. The van der Waals surface area contributed by atoms with Crippen molar-refractivity contribution < 1.29 is 38.7 Å². The first-order valence-electron chi connectivity index (χ1n) is 9.97. The summed E-state index contributed by atoms with van der Waals surface area (Å²) >= 11 is 0. The zero-order valence-electron chi connectivity index (χ0n) is 18.5. The molecule has 0 saturated carbocycles. The number of nitrogens with one attached hydrogen (secondary N) is 1. The van der Waals surface area contributed by atoms with E-state index in [9.17, 15) is 19.8 Å². The summed E-state index contributed by atoms with van der Waals surface area (Å²) in [5.74, 6) is -1.53. The molecule has 2 rings (SSSR count). The molecule has 0 aliphatic carbocycles. The number of amides is 1. The number of Topliss-reactive ketones (excluding diaryl/α,β-unsaturated/α-hetero) is 1. The summed E-state index contributed by atoms with van der Waals surface area (Å²) in [7, 11) is 0. The minimum Gasteiger partial charge on any atom is -0.444 e. The van der Waals surface area contributed by atoms with Crippen LogP contribution in [0.2, 0.25) is 0 Å². The van der Waals surface area contributed by atoms with Gasteiger partial charge in [0.1, 0.15) is 23.4 Å². The van der Waals surface area contributed by atoms with Gasteiger partial charge in [0.25, 0.3) is 0 Å². The largest absolute Gasteiger partial charge is 0.444 e. The van der Waals surface area contributed by atoms with Gasteiger partial charge in [-0.05, 0) is 47.5 Å². The highest BCUT2D eigenvalue weighted by atomic mass is 16.8. The van der Waals surface area contributed by atoms with Gasteiger partial charge in [-0.2, -0.15) is 0 Å². The van der Waals surface area contributed by atoms with Crippen LogP contribution in [0.15, 0.2) is 0 Å². The fourth-order valence-electron chi connectivity index (χ4n) is 3.64. The van der Waals surface area contributed by atoms with E-state index in [1.165, 1.54) is 6.92 Å². The van der Waals surface area contributed by atoms with E-state index in [1.807, 2.05) is 0 Å². The maximum absolute atomic E-state index is 12.8. The van der Waals surface area contributed by atoms with Crippen LogP contribution in [-0.4, -0.2) is 69.7 Å². The lowest BCUT2D eigenvalue weighted by Gasteiger charge is -2.33. The van der Waals surface area contributed by atoms with Crippen molar-refractivity contribution in [1.29, 1.82) is 0 Å². The van der Waals surface area contributed by atoms with E-state index < -0.39 is 59.5 Å². The van der Waals surface area contributed by atoms with Gasteiger partial charge in [0.2, 0.25) is 0 Å². The molecule has 9 nitrogen and oxygen atoms in total. The fraction of sp³-hybridized carbons (Fsp3) is 0.900. The first kappa shape index (κ1) is 24.0. The van der Waals surface area contributed by atoms with Gasteiger partial charge in [-0.25, -0.2) is 4.79 Å². The van der Waals surface area contributed by atoms with E-state index in [1.54, 1.807) is 48.5 Å². The Morgan fingerprint density at radius 3 is 2.24 bits per heavy atom. The van der Waals surface area contributed by atoms with Crippen molar-refractivity contribution in [3.05, 3.63) is 0 Å². The highest BCUT2D eigenvalue weighted by molar-refractivity contribution is 5.88. The summed E-state index contributed by atoms with van der Waals surface area (Å²) in [5, 5.41) is 24.1. The molecule has 2 heterocycles. The van der Waals surface area contributed by atoms with Crippen molar-refractivity contribution >= 4 is 11.9 Å². The molecule has 0 aromatic heterocycles. The van der Waals surface area contributed by atoms with Crippen LogP contribution in [0.25, 0.3) is 0 Å². The second-order valence-electron chi connectivity index (χ2n) is 9.81. The van der Waals surface area contributed by atoms with Gasteiger partial charge in [0.05, 0.1) is 12.1 Å². The Labute approximate surface area is 172 Å². The number of alkyl carbamates (subject to hydrolysis) is 1. The normalized spacial score (nSPS) is 33.3. The van der Waals surface area contributed by atoms with Gasteiger partial charge in [0, 0.05) is 6.42 Å². The van der Waals surface area contributed by atoms with Crippen molar-refractivity contribution in [3.63, 3.8) is 0 Å². The molecule has 0 bridgehead atoms. The van der Waals surface area contributed by atoms with Crippen molar-refractivity contribution in [2.75, 3.05) is 0 Å². The smallest absolute Gasteiger partial charge is 0.408 e. The zero-order chi connectivity index (χ0) is 22.4. The maximum atomic E-state index is 12.8. The van der Waals surface area contributed by atoms with E-state index in [0.717, 1.165) is 0 Å². The fourth-order valence-corrected chi connectivity index (χ4v) is 3.64. The molecule has 168 valence electrons. The monoisotopic (exact) mass is 417 g/mol. The molecular weight excluding hydrogens is 382 g/mol. The zero-order valence-corrected chi connectivity index (χ0v) is 18.5. The molecular formula is C20H35NO8. The average molecular weight is 417 g/mol. The lowest BCUT2D eigenvalue weighted by molar-refractivity contribution is -0.239. The molecule has 1 amide bonds. The van der Waals surface area contributed by atoms with Crippen LogP contribution in [0, 0.1) is 5.92 Å². The number of ether oxygens (including phenoxy) is 4. The summed E-state index contributed by atoms with van der Waals surface area (Å²) in [6.07, 6.45) is -5.03. The minimum atomic E-state index is -1.55. The predicted molar refractivity (Wildman–Crippen MR) is 103 cm³/mol. The Morgan fingerprint density at radius 2 is 1.76 bits per heavy atom. The number of rotatable bonds is 6. The lowest BCUT2D eigenvalue weighted by Crippen LogP contribution is -2.53. The van der Waals surface area contributed by atoms with Gasteiger partial charge in [-0.15, -0.1) is 0 Å². The standard InChI is InChI=1S/C20H35NO8/c1-10(2)13(21-17(24)29-18(3,4)5)11(22)9-12(23)14-20(8,25)15-16(26-14)28-19(6,7)27-15/h10,12-16,23,25H,9H2,1-8H3,(H,21,24)/t12-,13+,14-,15+,16-,20-/m1/s1. The first-order valence-corrected chi connectivity index (χ1v) is 9.97. The van der Waals surface area contributed by atoms with Crippen molar-refractivity contribution in [2.45, 2.75) is 109 Å². The molecule has 2 fully saturated rings. The van der Waals surface area contributed by atoms with Crippen LogP contribution in [0.3, 0.4) is 0 Å². The Morgan fingerprint density at radius 1 is 1.17 bits per heavy atom. The number of hydrogen-bond acceptors (Lipinski definition) is 8. The number of carbonyl (C=O) groups excluding carboxylic acids is 2. The molecule has 29 heavy (non-hydrogen) atoms. The highest BCUT2D eigenvalue weighted by Gasteiger charge is 2.62. The Kier molecular flexibility index (Phi) is 6.72. The van der Waals surface area contributed by atoms with E-state index in [4.69, 9.17) is 18.9 Å². The SMILES string of the molecule is CC(C)[C@H](NC(=O)OC(C)(C)C)C(=O)C[C@@H](O)[C@H]1O[C@@H]2OC(C)(C)O[C@@H]2[C@]1(C)O. The van der Waals surface area contributed by atoms with E-state index >= 15 is 0 Å². The highest BCUT2D eigenvalue weighted by Crippen LogP contribution is 2.44. The van der Waals surface area contributed by atoms with Crippen LogP contribution >= 0.6 is 0 Å². The molecule has 0 radical (unpaired) electrons. The van der Waals surface area contributed by atoms with Crippen molar-refractivity contribution in [1.82, 2.24) is 5.32 Å². The second kappa shape index (κ2) is 8.11. The van der Waals surface area contributed by atoms with E-state index in [0.29, 0.717) is 0 Å². The first-order chi connectivity index (χ1) is 13.0. The summed E-state index contributed by atoms with van der Waals surface area (Å²) < 4.78 is 22.2. The number of carbonyl (C=O) groups is 2. The van der Waals surface area contributed by atoms with E-state index in [2.05, 4.69) is 5.32 Å². The molecule has 6 atom stereocenters. The molecule has 2 aliphatic rings. The van der Waals surface area contributed by atoms with Crippen LogP contribution in [-0.2, 0) is 23.7 Å². The maximum Gasteiger partial charge on any atom is 0.408 e. The summed E-state index contributed by atoms with van der Waals surface area (Å²) in [5.41, 5.74) is -2.25. The summed E-state index contributed by atoms with van der Waals surface area (Å²) in [4.78, 5) is 24.9. The third-order valence-corrected chi connectivity index (χ3v) is 4.94. The second-order valence-corrected chi connectivity index (χ2v) is 9.81. The van der Waals surface area contributed by atoms with Crippen molar-refractivity contribution in [3.8, 4) is 0 Å². The number of aliphatic hydroxyl groups is 2. The summed E-state index contributed by atoms with van der Waals surface area (Å²) in [6.45, 7) is 13.6. The topological polar surface area (TPSA) is 124 Å². The van der Waals surface area contributed by atoms with Crippen LogP contribution < -0.4 is 5.32 Å². The van der Waals surface area contributed by atoms with Crippen LogP contribution in [0.1, 0.15) is 61.8 Å². The van der Waals surface area contributed by atoms with Crippen molar-refractivity contribution in [2.24, 2.45) is 5.92 Å². The van der Waals surface area contributed by atoms with Gasteiger partial charge in [-0.3, -0.25) is 4.79 Å². The quantitative estimate of drug-likeness (QED) is 0.594. The summed E-state index contributed by atoms with van der Waals surface area (Å²) in [6, 6.07) is -0.850. The molecule has 2 aliphatic heterocycles. The number of fused-ring (bicyclic) bond motifs is 1. The third kappa shape index (κ3) is 5.67.